The highest BCUT2D eigenvalue weighted by Gasteiger charge is 2.35. The van der Waals surface area contributed by atoms with Crippen molar-refractivity contribution >= 4 is 27.5 Å². The molecule has 1 atom stereocenters. The van der Waals surface area contributed by atoms with Gasteiger partial charge in [-0.2, -0.15) is 0 Å². The number of nitrogens with one attached hydrogen (secondary N) is 1. The molecule has 0 radical (unpaired) electrons. The van der Waals surface area contributed by atoms with Crippen LogP contribution in [-0.4, -0.2) is 50.9 Å². The maximum absolute atomic E-state index is 14.6. The van der Waals surface area contributed by atoms with Gasteiger partial charge in [0.05, 0.1) is 17.7 Å². The van der Waals surface area contributed by atoms with Gasteiger partial charge in [-0.1, -0.05) is 90.7 Å². The smallest absolute Gasteiger partial charge is 0.264 e. The maximum Gasteiger partial charge on any atom is 0.264 e. The molecule has 1 N–H and O–H groups in total. The van der Waals surface area contributed by atoms with Gasteiger partial charge in [-0.3, -0.25) is 13.9 Å². The van der Waals surface area contributed by atoms with Crippen LogP contribution in [0.25, 0.3) is 0 Å². The van der Waals surface area contributed by atoms with Crippen LogP contribution in [0.5, 0.6) is 5.75 Å². The molecule has 0 heterocycles. The highest BCUT2D eigenvalue weighted by atomic mass is 32.2. The molecule has 0 unspecified atom stereocenters. The second-order valence-electron chi connectivity index (χ2n) is 12.2. The fraction of sp³-hybridized carbons (Fsp3) is 0.316. The van der Waals surface area contributed by atoms with Crippen molar-refractivity contribution in [2.24, 2.45) is 0 Å². The Balaban J connectivity index is 1.56. The fourth-order valence-electron chi connectivity index (χ4n) is 5.93. The summed E-state index contributed by atoms with van der Waals surface area (Å²) in [7, 11) is -2.64. The van der Waals surface area contributed by atoms with Crippen molar-refractivity contribution in [3.8, 4) is 5.75 Å². The Morgan fingerprint density at radius 1 is 0.809 bits per heavy atom. The summed E-state index contributed by atoms with van der Waals surface area (Å²) in [6, 6.07) is 29.7. The second-order valence-corrected chi connectivity index (χ2v) is 14.1. The summed E-state index contributed by atoms with van der Waals surface area (Å²) >= 11 is 0. The summed E-state index contributed by atoms with van der Waals surface area (Å²) in [5, 5.41) is 3.21. The van der Waals surface area contributed by atoms with E-state index in [2.05, 4.69) is 5.32 Å². The Morgan fingerprint density at radius 2 is 1.40 bits per heavy atom. The predicted octanol–water partition coefficient (Wildman–Crippen LogP) is 6.21. The SMILES string of the molecule is COc1ccc(N(CC(=O)N(Cc2ccc(C)cc2)[C@H](Cc2ccccc2)C(=O)NC2CCCC2)S(=O)(=O)c2ccc(C)cc2)cc1. The first kappa shape index (κ1) is 33.7. The molecular formula is C38H43N3O5S. The van der Waals surface area contributed by atoms with Gasteiger partial charge >= 0.3 is 0 Å². The van der Waals surface area contributed by atoms with E-state index < -0.39 is 28.5 Å². The van der Waals surface area contributed by atoms with Gasteiger partial charge < -0.3 is 15.0 Å². The molecule has 246 valence electrons. The number of hydrogen-bond donors (Lipinski definition) is 1. The number of ether oxygens (including phenoxy) is 1. The number of carbonyl (C=O) groups is 2. The predicted molar refractivity (Wildman–Crippen MR) is 185 cm³/mol. The number of rotatable bonds is 13. The van der Waals surface area contributed by atoms with Crippen molar-refractivity contribution < 1.29 is 22.7 Å². The number of hydrogen-bond acceptors (Lipinski definition) is 5. The van der Waals surface area contributed by atoms with Crippen molar-refractivity contribution in [2.45, 2.75) is 69.5 Å². The van der Waals surface area contributed by atoms with Crippen LogP contribution in [0.4, 0.5) is 5.69 Å². The van der Waals surface area contributed by atoms with Gasteiger partial charge in [0.15, 0.2) is 0 Å². The molecule has 1 aliphatic carbocycles. The number of nitrogens with zero attached hydrogens (tertiary/aromatic N) is 2. The Hall–Kier alpha value is -4.63. The molecule has 5 rings (SSSR count). The van der Waals surface area contributed by atoms with Crippen LogP contribution in [0, 0.1) is 13.8 Å². The lowest BCUT2D eigenvalue weighted by atomic mass is 10.0. The largest absolute Gasteiger partial charge is 0.497 e. The third kappa shape index (κ3) is 8.60. The zero-order valence-corrected chi connectivity index (χ0v) is 28.1. The average molecular weight is 654 g/mol. The van der Waals surface area contributed by atoms with E-state index in [1.54, 1.807) is 53.4 Å². The first-order chi connectivity index (χ1) is 22.6. The zero-order chi connectivity index (χ0) is 33.4. The van der Waals surface area contributed by atoms with Gasteiger partial charge in [0.25, 0.3) is 10.0 Å². The lowest BCUT2D eigenvalue weighted by Gasteiger charge is -2.34. The maximum atomic E-state index is 14.6. The molecule has 0 saturated heterocycles. The molecule has 9 heteroatoms. The van der Waals surface area contributed by atoms with Crippen molar-refractivity contribution in [3.63, 3.8) is 0 Å². The second kappa shape index (κ2) is 15.3. The minimum Gasteiger partial charge on any atom is -0.497 e. The van der Waals surface area contributed by atoms with Crippen LogP contribution in [0.15, 0.2) is 108 Å². The molecule has 1 saturated carbocycles. The average Bonchev–Trinajstić information content (AvgIpc) is 3.59. The highest BCUT2D eigenvalue weighted by Crippen LogP contribution is 2.27. The van der Waals surface area contributed by atoms with Crippen molar-refractivity contribution in [2.75, 3.05) is 18.0 Å². The molecule has 0 spiro atoms. The van der Waals surface area contributed by atoms with Crippen LogP contribution in [-0.2, 0) is 32.6 Å². The minimum absolute atomic E-state index is 0.0508. The van der Waals surface area contributed by atoms with Gasteiger partial charge in [0.1, 0.15) is 18.3 Å². The molecule has 0 aliphatic heterocycles. The van der Waals surface area contributed by atoms with Gasteiger partial charge in [0.2, 0.25) is 11.8 Å². The molecule has 0 aromatic heterocycles. The highest BCUT2D eigenvalue weighted by molar-refractivity contribution is 7.92. The number of sulfonamides is 1. The van der Waals surface area contributed by atoms with E-state index >= 15 is 0 Å². The summed E-state index contributed by atoms with van der Waals surface area (Å²) in [4.78, 5) is 30.4. The Morgan fingerprint density at radius 3 is 2.00 bits per heavy atom. The van der Waals surface area contributed by atoms with E-state index in [-0.39, 0.29) is 29.8 Å². The number of amides is 2. The summed E-state index contributed by atoms with van der Waals surface area (Å²) in [5.74, 6) is -0.168. The van der Waals surface area contributed by atoms with E-state index in [0.29, 0.717) is 11.4 Å². The van der Waals surface area contributed by atoms with Crippen LogP contribution < -0.4 is 14.4 Å². The van der Waals surface area contributed by atoms with E-state index in [4.69, 9.17) is 4.74 Å². The topological polar surface area (TPSA) is 96.0 Å². The number of anilines is 1. The van der Waals surface area contributed by atoms with Gasteiger partial charge in [-0.15, -0.1) is 0 Å². The van der Waals surface area contributed by atoms with Crippen molar-refractivity contribution in [1.82, 2.24) is 10.2 Å². The third-order valence-corrected chi connectivity index (χ3v) is 10.5. The number of carbonyl (C=O) groups excluding carboxylic acids is 2. The number of benzene rings is 4. The number of methoxy groups -OCH3 is 1. The van der Waals surface area contributed by atoms with Crippen LogP contribution >= 0.6 is 0 Å². The molecule has 47 heavy (non-hydrogen) atoms. The zero-order valence-electron chi connectivity index (χ0n) is 27.3. The van der Waals surface area contributed by atoms with Gasteiger partial charge in [-0.05, 0) is 74.2 Å². The molecule has 4 aromatic carbocycles. The Labute approximate surface area is 278 Å². The van der Waals surface area contributed by atoms with Gasteiger partial charge in [-0.25, -0.2) is 8.42 Å². The summed E-state index contributed by atoms with van der Waals surface area (Å²) < 4.78 is 34.9. The lowest BCUT2D eigenvalue weighted by Crippen LogP contribution is -2.54. The van der Waals surface area contributed by atoms with E-state index in [9.17, 15) is 18.0 Å². The van der Waals surface area contributed by atoms with Crippen molar-refractivity contribution in [3.05, 3.63) is 125 Å². The first-order valence-corrected chi connectivity index (χ1v) is 17.5. The van der Waals surface area contributed by atoms with Crippen LogP contribution in [0.3, 0.4) is 0 Å². The van der Waals surface area contributed by atoms with E-state index in [1.165, 1.54) is 7.11 Å². The molecule has 0 bridgehead atoms. The van der Waals surface area contributed by atoms with Gasteiger partial charge in [0, 0.05) is 19.0 Å². The Bertz CT molecular complexity index is 1740. The molecule has 1 aliphatic rings. The van der Waals surface area contributed by atoms with E-state index in [1.807, 2.05) is 68.4 Å². The molecule has 8 nitrogen and oxygen atoms in total. The number of aryl methyl sites for hydroxylation is 2. The lowest BCUT2D eigenvalue weighted by molar-refractivity contribution is -0.140. The quantitative estimate of drug-likeness (QED) is 0.185. The molecule has 2 amide bonds. The fourth-order valence-corrected chi connectivity index (χ4v) is 7.34. The summed E-state index contributed by atoms with van der Waals surface area (Å²) in [6.07, 6.45) is 4.18. The van der Waals surface area contributed by atoms with E-state index in [0.717, 1.165) is 52.2 Å². The molecular weight excluding hydrogens is 611 g/mol. The summed E-state index contributed by atoms with van der Waals surface area (Å²) in [5.41, 5.74) is 4.04. The first-order valence-electron chi connectivity index (χ1n) is 16.1. The minimum atomic E-state index is -4.18. The standard InChI is InChI=1S/C38H43N3O5S/c1-28-13-17-31(18-14-28)26-40(36(25-30-9-5-4-6-10-30)38(43)39-32-11-7-8-12-32)37(42)27-41(33-19-21-34(46-3)22-20-33)47(44,45)35-23-15-29(2)16-24-35/h4-6,9-10,13-24,32,36H,7-8,11-12,25-27H2,1-3H3,(H,39,43)/t36-/m1/s1. The third-order valence-electron chi connectivity index (χ3n) is 8.69. The normalized spacial score (nSPS) is 13.9. The van der Waals surface area contributed by atoms with Crippen molar-refractivity contribution in [1.29, 1.82) is 0 Å². The summed E-state index contributed by atoms with van der Waals surface area (Å²) in [6.45, 7) is 3.50. The monoisotopic (exact) mass is 653 g/mol. The molecule has 1 fully saturated rings. The van der Waals surface area contributed by atoms with Crippen LogP contribution in [0.1, 0.15) is 47.9 Å². The molecule has 4 aromatic rings. The Kier molecular flexibility index (Phi) is 11.0. The van der Waals surface area contributed by atoms with Crippen LogP contribution in [0.2, 0.25) is 0 Å².